The van der Waals surface area contributed by atoms with E-state index in [0.29, 0.717) is 0 Å². The van der Waals surface area contributed by atoms with E-state index in [1.54, 1.807) is 0 Å². The molecule has 0 fully saturated rings. The van der Waals surface area contributed by atoms with Crippen LogP contribution in [0.2, 0.25) is 0 Å². The largest absolute Gasteiger partial charge is 0.144 e. The zero-order chi connectivity index (χ0) is 18.9. The monoisotopic (exact) mass is 422 g/mol. The van der Waals surface area contributed by atoms with Crippen molar-refractivity contribution >= 4 is 86.5 Å². The standard InChI is InChI=1S/C26H14S3/c1-2-23(27-8-1)26-12-18-11-16-4-6-19-20(22(16)14-25(18)29-26)5-3-15-10-17-7-9-28-24(17)13-21(15)19/h1-14H. The van der Waals surface area contributed by atoms with Crippen molar-refractivity contribution in [2.45, 2.75) is 0 Å². The molecule has 0 atom stereocenters. The molecule has 0 saturated heterocycles. The van der Waals surface area contributed by atoms with Crippen LogP contribution in [0.5, 0.6) is 0 Å². The van der Waals surface area contributed by atoms with Crippen molar-refractivity contribution in [1.29, 1.82) is 0 Å². The molecule has 3 aromatic heterocycles. The summed E-state index contributed by atoms with van der Waals surface area (Å²) in [5.41, 5.74) is 0. The van der Waals surface area contributed by atoms with E-state index in [2.05, 4.69) is 83.6 Å². The average molecular weight is 423 g/mol. The lowest BCUT2D eigenvalue weighted by molar-refractivity contribution is 1.86. The fourth-order valence-electron chi connectivity index (χ4n) is 4.41. The molecule has 0 unspecified atom stereocenters. The minimum atomic E-state index is 1.32. The fraction of sp³-hybridized carbons (Fsp3) is 0. The minimum Gasteiger partial charge on any atom is -0.144 e. The first-order valence-electron chi connectivity index (χ1n) is 9.57. The maximum absolute atomic E-state index is 2.39. The van der Waals surface area contributed by atoms with E-state index in [-0.39, 0.29) is 0 Å². The lowest BCUT2D eigenvalue weighted by Gasteiger charge is -2.08. The Morgan fingerprint density at radius 1 is 0.448 bits per heavy atom. The van der Waals surface area contributed by atoms with Crippen LogP contribution in [0.25, 0.3) is 62.2 Å². The van der Waals surface area contributed by atoms with Crippen molar-refractivity contribution in [1.82, 2.24) is 0 Å². The molecule has 136 valence electrons. The van der Waals surface area contributed by atoms with Gasteiger partial charge in [-0.15, -0.1) is 34.0 Å². The summed E-state index contributed by atoms with van der Waals surface area (Å²) in [4.78, 5) is 2.71. The fourth-order valence-corrected chi connectivity index (χ4v) is 7.13. The Morgan fingerprint density at radius 2 is 1.21 bits per heavy atom. The highest BCUT2D eigenvalue weighted by atomic mass is 32.1. The predicted octanol–water partition coefficient (Wildman–Crippen LogP) is 9.30. The third kappa shape index (κ3) is 2.35. The van der Waals surface area contributed by atoms with Gasteiger partial charge in [-0.2, -0.15) is 0 Å². The lowest BCUT2D eigenvalue weighted by Crippen LogP contribution is -1.81. The molecule has 29 heavy (non-hydrogen) atoms. The highest BCUT2D eigenvalue weighted by molar-refractivity contribution is 7.25. The van der Waals surface area contributed by atoms with Gasteiger partial charge in [-0.05, 0) is 96.3 Å². The molecule has 4 aromatic carbocycles. The summed E-state index contributed by atoms with van der Waals surface area (Å²) >= 11 is 5.53. The van der Waals surface area contributed by atoms with Crippen molar-refractivity contribution in [3.63, 3.8) is 0 Å². The van der Waals surface area contributed by atoms with E-state index in [4.69, 9.17) is 0 Å². The maximum Gasteiger partial charge on any atom is 0.0455 e. The number of rotatable bonds is 1. The molecule has 7 rings (SSSR count). The zero-order valence-electron chi connectivity index (χ0n) is 15.3. The van der Waals surface area contributed by atoms with Crippen molar-refractivity contribution in [2.75, 3.05) is 0 Å². The molecule has 0 spiro atoms. The molecule has 0 amide bonds. The second kappa shape index (κ2) is 5.90. The predicted molar refractivity (Wildman–Crippen MR) is 133 cm³/mol. The molecule has 7 aromatic rings. The highest BCUT2D eigenvalue weighted by Gasteiger charge is 2.10. The van der Waals surface area contributed by atoms with Gasteiger partial charge in [0.05, 0.1) is 0 Å². The van der Waals surface area contributed by atoms with E-state index >= 15 is 0 Å². The second-order valence-corrected chi connectivity index (χ2v) is 10.4. The first kappa shape index (κ1) is 16.1. The van der Waals surface area contributed by atoms with Crippen molar-refractivity contribution in [2.24, 2.45) is 0 Å². The summed E-state index contributed by atoms with van der Waals surface area (Å²) in [7, 11) is 0. The van der Waals surface area contributed by atoms with E-state index in [9.17, 15) is 0 Å². The summed E-state index contributed by atoms with van der Waals surface area (Å²) in [6, 6.07) is 27.5. The van der Waals surface area contributed by atoms with Gasteiger partial charge in [-0.25, -0.2) is 0 Å². The van der Waals surface area contributed by atoms with Crippen LogP contribution < -0.4 is 0 Å². The summed E-state index contributed by atoms with van der Waals surface area (Å²) in [5, 5.41) is 15.0. The number of hydrogen-bond acceptors (Lipinski definition) is 3. The van der Waals surface area contributed by atoms with E-state index in [1.165, 1.54) is 62.2 Å². The van der Waals surface area contributed by atoms with Gasteiger partial charge in [0.1, 0.15) is 0 Å². The Hall–Kier alpha value is -2.72. The van der Waals surface area contributed by atoms with Gasteiger partial charge in [0.2, 0.25) is 0 Å². The second-order valence-electron chi connectivity index (χ2n) is 7.46. The van der Waals surface area contributed by atoms with Crippen LogP contribution in [0.3, 0.4) is 0 Å². The van der Waals surface area contributed by atoms with Crippen molar-refractivity contribution < 1.29 is 0 Å². The van der Waals surface area contributed by atoms with Gasteiger partial charge in [0.25, 0.3) is 0 Å². The van der Waals surface area contributed by atoms with Gasteiger partial charge in [0.15, 0.2) is 0 Å². The van der Waals surface area contributed by atoms with E-state index < -0.39 is 0 Å². The topological polar surface area (TPSA) is 0 Å². The molecular formula is C26H14S3. The molecule has 0 saturated carbocycles. The van der Waals surface area contributed by atoms with Crippen LogP contribution in [0.15, 0.2) is 83.6 Å². The quantitative estimate of drug-likeness (QED) is 0.231. The third-order valence-corrected chi connectivity index (χ3v) is 8.85. The SMILES string of the molecule is c1csc(-c2cc3cc4ccc5c6cc7sccc7cc6ccc5c4cc3s2)c1. The Morgan fingerprint density at radius 3 is 1.97 bits per heavy atom. The van der Waals surface area contributed by atoms with Crippen LogP contribution in [0.4, 0.5) is 0 Å². The molecule has 0 N–H and O–H groups in total. The summed E-state index contributed by atoms with van der Waals surface area (Å²) in [6.07, 6.45) is 0. The van der Waals surface area contributed by atoms with Crippen LogP contribution >= 0.6 is 34.0 Å². The molecule has 0 aliphatic heterocycles. The van der Waals surface area contributed by atoms with E-state index in [1.807, 2.05) is 34.0 Å². The lowest BCUT2D eigenvalue weighted by atomic mass is 9.96. The van der Waals surface area contributed by atoms with Crippen molar-refractivity contribution in [3.8, 4) is 9.75 Å². The van der Waals surface area contributed by atoms with Gasteiger partial charge in [0, 0.05) is 19.2 Å². The molecule has 0 aliphatic carbocycles. The number of benzene rings is 4. The van der Waals surface area contributed by atoms with Gasteiger partial charge < -0.3 is 0 Å². The molecule has 0 aliphatic rings. The van der Waals surface area contributed by atoms with Crippen LogP contribution in [-0.2, 0) is 0 Å². The zero-order valence-corrected chi connectivity index (χ0v) is 17.8. The Kier molecular flexibility index (Phi) is 3.28. The average Bonchev–Trinajstić information content (AvgIpc) is 3.49. The van der Waals surface area contributed by atoms with Gasteiger partial charge >= 0.3 is 0 Å². The smallest absolute Gasteiger partial charge is 0.0455 e. The number of hydrogen-bond donors (Lipinski definition) is 0. The highest BCUT2D eigenvalue weighted by Crippen LogP contribution is 2.40. The molecular weight excluding hydrogens is 408 g/mol. The minimum absolute atomic E-state index is 1.32. The maximum atomic E-state index is 2.39. The summed E-state index contributed by atoms with van der Waals surface area (Å²) < 4.78 is 2.72. The first-order chi connectivity index (χ1) is 14.3. The Labute approximate surface area is 179 Å². The van der Waals surface area contributed by atoms with Crippen molar-refractivity contribution in [3.05, 3.63) is 83.6 Å². The van der Waals surface area contributed by atoms with Crippen LogP contribution in [-0.4, -0.2) is 0 Å². The number of thiophene rings is 3. The molecule has 0 nitrogen and oxygen atoms in total. The normalized spacial score (nSPS) is 12.1. The first-order valence-corrected chi connectivity index (χ1v) is 12.1. The summed E-state index contributed by atoms with van der Waals surface area (Å²) in [6.45, 7) is 0. The molecule has 3 heterocycles. The Balaban J connectivity index is 1.56. The molecule has 3 heteroatoms. The van der Waals surface area contributed by atoms with E-state index in [0.717, 1.165) is 0 Å². The molecule has 0 radical (unpaired) electrons. The van der Waals surface area contributed by atoms with Crippen LogP contribution in [0.1, 0.15) is 0 Å². The summed E-state index contributed by atoms with van der Waals surface area (Å²) in [5.74, 6) is 0. The third-order valence-electron chi connectivity index (χ3n) is 5.81. The van der Waals surface area contributed by atoms with Gasteiger partial charge in [-0.3, -0.25) is 0 Å². The van der Waals surface area contributed by atoms with Gasteiger partial charge in [-0.1, -0.05) is 30.3 Å². The van der Waals surface area contributed by atoms with Crippen LogP contribution in [0, 0.1) is 0 Å². The number of fused-ring (bicyclic) bond motifs is 7. The Bertz CT molecular complexity index is 1690. The molecule has 0 bridgehead atoms.